The molecule has 1 aliphatic heterocycles. The van der Waals surface area contributed by atoms with Crippen molar-refractivity contribution in [2.45, 2.75) is 60.0 Å². The van der Waals surface area contributed by atoms with E-state index in [4.69, 9.17) is 16.0 Å². The molecule has 0 saturated carbocycles. The van der Waals surface area contributed by atoms with Crippen LogP contribution in [0, 0.1) is 6.92 Å². The molecule has 5 amide bonds. The molecule has 200 valence electrons. The Balaban J connectivity index is 1.58. The molecule has 2 aromatic carbocycles. The standard InChI is InChI=1S/C28H32ClN5O4/c1-6-20(32-18(5)35)15-34(28(37)33-14-19-8-10-23(29)24(33)12-19)27(36)31-17(4)30-21-9-11-26-22(13-21)16(3)25(7-2)38-26/h8-13,20H,6-7,14-15H2,1-5H3,(H,32,35)(H,30,31,36)/t20-/m0/s1. The lowest BCUT2D eigenvalue weighted by Gasteiger charge is -2.30. The monoisotopic (exact) mass is 537 g/mol. The lowest BCUT2D eigenvalue weighted by Crippen LogP contribution is -2.55. The second-order valence-corrected chi connectivity index (χ2v) is 9.79. The van der Waals surface area contributed by atoms with Gasteiger partial charge in [0.05, 0.1) is 29.5 Å². The lowest BCUT2D eigenvalue weighted by molar-refractivity contribution is -0.119. The van der Waals surface area contributed by atoms with Gasteiger partial charge in [-0.1, -0.05) is 31.5 Å². The van der Waals surface area contributed by atoms with Gasteiger partial charge >= 0.3 is 12.1 Å². The minimum atomic E-state index is -0.648. The van der Waals surface area contributed by atoms with Gasteiger partial charge < -0.3 is 9.73 Å². The van der Waals surface area contributed by atoms with Crippen LogP contribution in [0.5, 0.6) is 0 Å². The van der Waals surface area contributed by atoms with E-state index in [-0.39, 0.29) is 12.5 Å². The number of amidine groups is 1. The molecule has 0 saturated heterocycles. The number of hydrogen-bond donors (Lipinski definition) is 2. The van der Waals surface area contributed by atoms with Crippen molar-refractivity contribution in [1.29, 1.82) is 0 Å². The Bertz CT molecular complexity index is 1430. The molecule has 1 aromatic heterocycles. The van der Waals surface area contributed by atoms with Crippen LogP contribution in [0.4, 0.5) is 21.0 Å². The third-order valence-electron chi connectivity index (χ3n) is 6.58. The molecule has 1 aliphatic rings. The zero-order valence-electron chi connectivity index (χ0n) is 22.2. The highest BCUT2D eigenvalue weighted by Gasteiger charge is 2.33. The zero-order valence-corrected chi connectivity index (χ0v) is 23.0. The average molecular weight is 538 g/mol. The third kappa shape index (κ3) is 5.67. The van der Waals surface area contributed by atoms with Crippen molar-refractivity contribution in [3.05, 3.63) is 58.3 Å². The Labute approximate surface area is 226 Å². The van der Waals surface area contributed by atoms with E-state index in [2.05, 4.69) is 15.6 Å². The summed E-state index contributed by atoms with van der Waals surface area (Å²) >= 11 is 6.32. The molecule has 1 atom stereocenters. The number of aliphatic imine (C=N–C) groups is 1. The SMILES string of the molecule is CCc1oc2ccc(/N=C(/C)NC(=O)N(C[C@H](CC)NC(C)=O)C(=O)N3Cc4ccc(Cl)c3c4)cc2c1C. The van der Waals surface area contributed by atoms with E-state index in [0.29, 0.717) is 35.2 Å². The molecule has 0 aliphatic carbocycles. The largest absolute Gasteiger partial charge is 0.461 e. The van der Waals surface area contributed by atoms with E-state index in [1.54, 1.807) is 13.0 Å². The van der Waals surface area contributed by atoms with Gasteiger partial charge in [0.1, 0.15) is 17.2 Å². The molecule has 3 aromatic rings. The first-order valence-electron chi connectivity index (χ1n) is 12.6. The summed E-state index contributed by atoms with van der Waals surface area (Å²) < 4.78 is 5.87. The number of imide groups is 1. The van der Waals surface area contributed by atoms with Crippen LogP contribution >= 0.6 is 11.6 Å². The van der Waals surface area contributed by atoms with Gasteiger partial charge in [-0.2, -0.15) is 0 Å². The molecular formula is C28H32ClN5O4. The summed E-state index contributed by atoms with van der Waals surface area (Å²) in [5.41, 5.74) is 3.95. The summed E-state index contributed by atoms with van der Waals surface area (Å²) in [5.74, 6) is 1.00. The fourth-order valence-corrected chi connectivity index (χ4v) is 4.81. The van der Waals surface area contributed by atoms with Gasteiger partial charge in [-0.25, -0.2) is 19.5 Å². The van der Waals surface area contributed by atoms with Gasteiger partial charge in [0.25, 0.3) is 0 Å². The second kappa shape index (κ2) is 11.3. The molecule has 10 heteroatoms. The van der Waals surface area contributed by atoms with E-state index >= 15 is 0 Å². The number of furan rings is 1. The van der Waals surface area contributed by atoms with Gasteiger partial charge in [0, 0.05) is 24.8 Å². The Kier molecular flexibility index (Phi) is 8.06. The van der Waals surface area contributed by atoms with Crippen molar-refractivity contribution in [3.63, 3.8) is 0 Å². The van der Waals surface area contributed by atoms with E-state index in [1.807, 2.05) is 51.1 Å². The summed E-state index contributed by atoms with van der Waals surface area (Å²) in [4.78, 5) is 45.9. The highest BCUT2D eigenvalue weighted by Crippen LogP contribution is 2.35. The van der Waals surface area contributed by atoms with Crippen LogP contribution in [-0.4, -0.2) is 41.3 Å². The number of nitrogens with zero attached hydrogens (tertiary/aromatic N) is 3. The van der Waals surface area contributed by atoms with Crippen LogP contribution in [0.1, 0.15) is 51.0 Å². The quantitative estimate of drug-likeness (QED) is 0.294. The van der Waals surface area contributed by atoms with E-state index < -0.39 is 18.1 Å². The maximum atomic E-state index is 13.6. The summed E-state index contributed by atoms with van der Waals surface area (Å²) in [6, 6.07) is 9.38. The molecule has 38 heavy (non-hydrogen) atoms. The van der Waals surface area contributed by atoms with Gasteiger partial charge in [-0.05, 0) is 61.7 Å². The number of benzene rings is 2. The summed E-state index contributed by atoms with van der Waals surface area (Å²) in [5, 5.41) is 6.93. The van der Waals surface area contributed by atoms with Crippen LogP contribution in [0.25, 0.3) is 11.0 Å². The number of anilines is 1. The van der Waals surface area contributed by atoms with Crippen LogP contribution in [0.15, 0.2) is 45.8 Å². The molecule has 0 radical (unpaired) electrons. The van der Waals surface area contributed by atoms with E-state index in [0.717, 1.165) is 39.2 Å². The number of nitrogens with one attached hydrogen (secondary N) is 2. The minimum absolute atomic E-state index is 0.0157. The van der Waals surface area contributed by atoms with Gasteiger partial charge in [0.15, 0.2) is 0 Å². The van der Waals surface area contributed by atoms with E-state index in [1.165, 1.54) is 11.8 Å². The first-order chi connectivity index (χ1) is 18.1. The van der Waals surface area contributed by atoms with Crippen molar-refractivity contribution < 1.29 is 18.8 Å². The average Bonchev–Trinajstić information content (AvgIpc) is 3.40. The van der Waals surface area contributed by atoms with Crippen molar-refractivity contribution in [2.75, 3.05) is 11.4 Å². The Morgan fingerprint density at radius 2 is 1.92 bits per heavy atom. The number of urea groups is 2. The second-order valence-electron chi connectivity index (χ2n) is 9.38. The summed E-state index contributed by atoms with van der Waals surface area (Å²) in [6.45, 7) is 9.27. The highest BCUT2D eigenvalue weighted by molar-refractivity contribution is 6.34. The number of fused-ring (bicyclic) bond motifs is 3. The van der Waals surface area contributed by atoms with Crippen molar-refractivity contribution in [1.82, 2.24) is 15.5 Å². The first kappa shape index (κ1) is 27.2. The Morgan fingerprint density at radius 3 is 2.61 bits per heavy atom. The molecule has 0 fully saturated rings. The predicted octanol–water partition coefficient (Wildman–Crippen LogP) is 6.07. The summed E-state index contributed by atoms with van der Waals surface area (Å²) in [7, 11) is 0. The van der Waals surface area contributed by atoms with Gasteiger partial charge in [-0.15, -0.1) is 0 Å². The Hall–Kier alpha value is -3.85. The lowest BCUT2D eigenvalue weighted by atomic mass is 10.1. The highest BCUT2D eigenvalue weighted by atomic mass is 35.5. The predicted molar refractivity (Wildman–Crippen MR) is 149 cm³/mol. The van der Waals surface area contributed by atoms with E-state index in [9.17, 15) is 14.4 Å². The number of carbonyl (C=O) groups is 3. The van der Waals surface area contributed by atoms with Crippen LogP contribution in [-0.2, 0) is 17.8 Å². The normalized spacial score (nSPS) is 13.5. The van der Waals surface area contributed by atoms with Crippen LogP contribution in [0.3, 0.4) is 0 Å². The molecule has 0 spiro atoms. The molecule has 2 bridgehead atoms. The maximum absolute atomic E-state index is 13.6. The number of amides is 5. The molecule has 2 N–H and O–H groups in total. The molecule has 9 nitrogen and oxygen atoms in total. The molecule has 4 rings (SSSR count). The number of rotatable bonds is 6. The smallest absolute Gasteiger partial charge is 0.333 e. The number of carbonyl (C=O) groups excluding carboxylic acids is 3. The van der Waals surface area contributed by atoms with Crippen molar-refractivity contribution in [3.8, 4) is 0 Å². The van der Waals surface area contributed by atoms with Crippen molar-refractivity contribution >= 4 is 57.7 Å². The van der Waals surface area contributed by atoms with Crippen molar-refractivity contribution in [2.24, 2.45) is 4.99 Å². The van der Waals surface area contributed by atoms with Gasteiger partial charge in [-0.3, -0.25) is 15.0 Å². The first-order valence-corrected chi connectivity index (χ1v) is 13.0. The fraction of sp³-hybridized carbons (Fsp3) is 0.357. The number of halogens is 1. The zero-order chi connectivity index (χ0) is 27.6. The number of aryl methyl sites for hydroxylation is 2. The van der Waals surface area contributed by atoms with Gasteiger partial charge in [0.2, 0.25) is 5.91 Å². The molecule has 0 unspecified atom stereocenters. The maximum Gasteiger partial charge on any atom is 0.333 e. The fourth-order valence-electron chi connectivity index (χ4n) is 4.59. The van der Waals surface area contributed by atoms with Crippen LogP contribution < -0.4 is 15.5 Å². The summed E-state index contributed by atoms with van der Waals surface area (Å²) in [6.07, 6.45) is 1.32. The minimum Gasteiger partial charge on any atom is -0.461 e. The van der Waals surface area contributed by atoms with Crippen LogP contribution in [0.2, 0.25) is 5.02 Å². The molecular weight excluding hydrogens is 506 g/mol. The topological polar surface area (TPSA) is 107 Å². The number of hydrogen-bond acceptors (Lipinski definition) is 5. The molecule has 2 heterocycles. The Morgan fingerprint density at radius 1 is 1.16 bits per heavy atom. The third-order valence-corrected chi connectivity index (χ3v) is 6.90.